The van der Waals surface area contributed by atoms with Crippen LogP contribution in [-0.2, 0) is 23.2 Å². The summed E-state index contributed by atoms with van der Waals surface area (Å²) in [4.78, 5) is 23.6. The first-order valence-corrected chi connectivity index (χ1v) is 8.67. The van der Waals surface area contributed by atoms with Crippen LogP contribution in [0.5, 0.6) is 11.6 Å². The average molecular weight is 384 g/mol. The second kappa shape index (κ2) is 6.91. The zero-order valence-corrected chi connectivity index (χ0v) is 15.3. The van der Waals surface area contributed by atoms with E-state index in [2.05, 4.69) is 10.2 Å². The van der Waals surface area contributed by atoms with Crippen molar-refractivity contribution in [3.63, 3.8) is 0 Å². The number of carbonyl (C=O) groups excluding carboxylic acids is 2. The molecule has 1 aliphatic heterocycles. The van der Waals surface area contributed by atoms with Gasteiger partial charge in [-0.1, -0.05) is 12.1 Å². The van der Waals surface area contributed by atoms with Crippen LogP contribution in [0.3, 0.4) is 0 Å². The van der Waals surface area contributed by atoms with Gasteiger partial charge in [-0.05, 0) is 24.1 Å². The van der Waals surface area contributed by atoms with Gasteiger partial charge < -0.3 is 9.47 Å². The average Bonchev–Trinajstić information content (AvgIpc) is 3.21. The number of nitrogens with zero attached hydrogens (tertiary/aromatic N) is 4. The quantitative estimate of drug-likeness (QED) is 0.645. The van der Waals surface area contributed by atoms with Crippen molar-refractivity contribution in [1.82, 2.24) is 19.6 Å². The van der Waals surface area contributed by atoms with Crippen LogP contribution in [0.25, 0.3) is 11.1 Å². The largest absolute Gasteiger partial charge is 0.419 e. The molecule has 0 spiro atoms. The third kappa shape index (κ3) is 3.38. The maximum atomic E-state index is 13.8. The van der Waals surface area contributed by atoms with Crippen molar-refractivity contribution >= 4 is 11.9 Å². The lowest BCUT2D eigenvalue weighted by molar-refractivity contribution is -0.143. The molecule has 8 nitrogen and oxygen atoms in total. The zero-order valence-electron chi connectivity index (χ0n) is 15.3. The van der Waals surface area contributed by atoms with E-state index >= 15 is 0 Å². The molecule has 0 saturated heterocycles. The topological polar surface area (TPSA) is 88.2 Å². The fourth-order valence-electron chi connectivity index (χ4n) is 2.91. The molecule has 0 radical (unpaired) electrons. The summed E-state index contributed by atoms with van der Waals surface area (Å²) in [5, 5.41) is 8.56. The van der Waals surface area contributed by atoms with E-state index < -0.39 is 11.9 Å². The van der Waals surface area contributed by atoms with Gasteiger partial charge in [-0.2, -0.15) is 10.2 Å². The number of carbonyl (C=O) groups is 2. The SMILES string of the molecule is Cc1ccc(-c2cnn(Cc3nn(C)c4c3OC(=O)CCC(=O)O4)c2)cc1F. The van der Waals surface area contributed by atoms with E-state index in [9.17, 15) is 14.0 Å². The number of aryl methyl sites for hydroxylation is 2. The van der Waals surface area contributed by atoms with Crippen LogP contribution in [0.1, 0.15) is 24.1 Å². The van der Waals surface area contributed by atoms with Gasteiger partial charge in [0.15, 0.2) is 0 Å². The van der Waals surface area contributed by atoms with Gasteiger partial charge in [0.2, 0.25) is 5.75 Å². The van der Waals surface area contributed by atoms with E-state index in [4.69, 9.17) is 9.47 Å². The normalized spacial score (nSPS) is 14.1. The molecule has 3 aromatic rings. The Kier molecular flexibility index (Phi) is 4.42. The van der Waals surface area contributed by atoms with Gasteiger partial charge in [0.05, 0.1) is 25.6 Å². The number of benzene rings is 1. The van der Waals surface area contributed by atoms with Crippen molar-refractivity contribution < 1.29 is 23.5 Å². The second-order valence-corrected chi connectivity index (χ2v) is 6.54. The molecule has 1 aromatic carbocycles. The molecule has 2 aromatic heterocycles. The van der Waals surface area contributed by atoms with E-state index in [-0.39, 0.29) is 36.8 Å². The van der Waals surface area contributed by atoms with Gasteiger partial charge in [-0.15, -0.1) is 0 Å². The molecule has 0 amide bonds. The summed E-state index contributed by atoms with van der Waals surface area (Å²) in [6.45, 7) is 1.88. The van der Waals surface area contributed by atoms with Crippen LogP contribution in [0.2, 0.25) is 0 Å². The molecule has 3 heterocycles. The Morgan fingerprint density at radius 1 is 1.14 bits per heavy atom. The monoisotopic (exact) mass is 384 g/mol. The summed E-state index contributed by atoms with van der Waals surface area (Å²) in [6.07, 6.45) is 3.25. The van der Waals surface area contributed by atoms with E-state index in [1.165, 1.54) is 10.7 Å². The minimum absolute atomic E-state index is 0.0472. The van der Waals surface area contributed by atoms with Gasteiger partial charge in [0.25, 0.3) is 5.88 Å². The summed E-state index contributed by atoms with van der Waals surface area (Å²) >= 11 is 0. The van der Waals surface area contributed by atoms with Crippen LogP contribution >= 0.6 is 0 Å². The Labute approximate surface area is 159 Å². The Bertz CT molecular complexity index is 1090. The fraction of sp³-hybridized carbons (Fsp3) is 0.263. The molecule has 4 rings (SSSR count). The molecular formula is C19H17FN4O4. The fourth-order valence-corrected chi connectivity index (χ4v) is 2.91. The Hall–Kier alpha value is -3.49. The second-order valence-electron chi connectivity index (χ2n) is 6.54. The molecule has 28 heavy (non-hydrogen) atoms. The van der Waals surface area contributed by atoms with Crippen LogP contribution in [0.15, 0.2) is 30.6 Å². The first kappa shape index (κ1) is 17.9. The molecule has 0 unspecified atom stereocenters. The predicted molar refractivity (Wildman–Crippen MR) is 95.2 cm³/mol. The number of ether oxygens (including phenoxy) is 2. The third-order valence-corrected chi connectivity index (χ3v) is 4.43. The zero-order chi connectivity index (χ0) is 19.8. The maximum Gasteiger partial charge on any atom is 0.313 e. The molecule has 0 saturated carbocycles. The molecule has 0 aliphatic carbocycles. The van der Waals surface area contributed by atoms with Crippen LogP contribution < -0.4 is 9.47 Å². The van der Waals surface area contributed by atoms with Gasteiger partial charge in [0.1, 0.15) is 11.5 Å². The lowest BCUT2D eigenvalue weighted by Crippen LogP contribution is -2.19. The van der Waals surface area contributed by atoms with E-state index in [1.807, 2.05) is 6.07 Å². The number of esters is 2. The summed E-state index contributed by atoms with van der Waals surface area (Å²) in [5.41, 5.74) is 2.40. The van der Waals surface area contributed by atoms with Crippen molar-refractivity contribution in [3.05, 3.63) is 47.7 Å². The van der Waals surface area contributed by atoms with E-state index in [0.29, 0.717) is 16.8 Å². The summed E-state index contributed by atoms with van der Waals surface area (Å²) in [6, 6.07) is 4.98. The highest BCUT2D eigenvalue weighted by Crippen LogP contribution is 2.33. The van der Waals surface area contributed by atoms with Crippen molar-refractivity contribution in [2.24, 2.45) is 7.05 Å². The summed E-state index contributed by atoms with van der Waals surface area (Å²) in [5.74, 6) is -1.14. The smallest absolute Gasteiger partial charge is 0.313 e. The standard InChI is InChI=1S/C19H17FN4O4/c1-11-3-4-12(7-14(11)20)13-8-21-24(9-13)10-15-18-19(23(2)22-15)28-17(26)6-5-16(25)27-18/h3-4,7-9H,5-6,10H2,1-2H3. The minimum Gasteiger partial charge on any atom is -0.419 e. The number of hydrogen-bond acceptors (Lipinski definition) is 6. The first-order valence-electron chi connectivity index (χ1n) is 8.67. The molecule has 0 bridgehead atoms. The van der Waals surface area contributed by atoms with Gasteiger partial charge >= 0.3 is 11.9 Å². The third-order valence-electron chi connectivity index (χ3n) is 4.43. The van der Waals surface area contributed by atoms with Crippen LogP contribution in [0, 0.1) is 12.7 Å². The van der Waals surface area contributed by atoms with Crippen molar-refractivity contribution in [2.45, 2.75) is 26.3 Å². The number of halogens is 1. The lowest BCUT2D eigenvalue weighted by atomic mass is 10.1. The van der Waals surface area contributed by atoms with Crippen molar-refractivity contribution in [3.8, 4) is 22.8 Å². The van der Waals surface area contributed by atoms with Gasteiger partial charge in [0, 0.05) is 18.8 Å². The number of aromatic nitrogens is 4. The highest BCUT2D eigenvalue weighted by atomic mass is 19.1. The highest BCUT2D eigenvalue weighted by molar-refractivity contribution is 5.82. The van der Waals surface area contributed by atoms with Gasteiger partial charge in [-0.3, -0.25) is 14.3 Å². The maximum absolute atomic E-state index is 13.8. The Morgan fingerprint density at radius 3 is 2.64 bits per heavy atom. The highest BCUT2D eigenvalue weighted by Gasteiger charge is 2.27. The molecule has 1 aliphatic rings. The Balaban J connectivity index is 1.63. The molecule has 144 valence electrons. The van der Waals surface area contributed by atoms with Crippen molar-refractivity contribution in [2.75, 3.05) is 0 Å². The predicted octanol–water partition coefficient (Wildman–Crippen LogP) is 2.38. The number of hydrogen-bond donors (Lipinski definition) is 0. The van der Waals surface area contributed by atoms with Crippen molar-refractivity contribution in [1.29, 1.82) is 0 Å². The lowest BCUT2D eigenvalue weighted by Gasteiger charge is -2.11. The number of rotatable bonds is 3. The molecule has 9 heteroatoms. The first-order chi connectivity index (χ1) is 13.4. The summed E-state index contributed by atoms with van der Waals surface area (Å²) < 4.78 is 27.3. The molecule has 0 fully saturated rings. The van der Waals surface area contributed by atoms with E-state index in [1.54, 1.807) is 37.1 Å². The molecule has 0 atom stereocenters. The number of fused-ring (bicyclic) bond motifs is 1. The summed E-state index contributed by atoms with van der Waals surface area (Å²) in [7, 11) is 1.59. The Morgan fingerprint density at radius 2 is 1.89 bits per heavy atom. The molecule has 0 N–H and O–H groups in total. The minimum atomic E-state index is -0.525. The molecular weight excluding hydrogens is 367 g/mol. The van der Waals surface area contributed by atoms with E-state index in [0.717, 1.165) is 5.56 Å². The van der Waals surface area contributed by atoms with Crippen LogP contribution in [0.4, 0.5) is 4.39 Å². The van der Waals surface area contributed by atoms with Crippen LogP contribution in [-0.4, -0.2) is 31.5 Å². The van der Waals surface area contributed by atoms with Gasteiger partial charge in [-0.25, -0.2) is 9.07 Å².